The molecule has 43 heavy (non-hydrogen) atoms. The molecule has 5 rings (SSSR count). The van der Waals surface area contributed by atoms with Crippen molar-refractivity contribution in [3.8, 4) is 28.3 Å². The molecular formula is C29H33F2N7O4S. The van der Waals surface area contributed by atoms with E-state index in [0.29, 0.717) is 59.2 Å². The molecule has 0 bridgehead atoms. The normalized spacial score (nSPS) is 15.7. The molecule has 11 nitrogen and oxygen atoms in total. The third-order valence-corrected chi connectivity index (χ3v) is 8.16. The maximum absolute atomic E-state index is 15.9. The summed E-state index contributed by atoms with van der Waals surface area (Å²) in [5.74, 6) is 0.214. The van der Waals surface area contributed by atoms with E-state index < -0.39 is 28.3 Å². The Kier molecular flexibility index (Phi) is 8.87. The molecule has 1 fully saturated rings. The summed E-state index contributed by atoms with van der Waals surface area (Å²) in [5, 5.41) is 0.607. The predicted octanol–water partition coefficient (Wildman–Crippen LogP) is 4.59. The van der Waals surface area contributed by atoms with E-state index in [1.165, 1.54) is 6.07 Å². The molecule has 1 unspecified atom stereocenters. The van der Waals surface area contributed by atoms with Crippen molar-refractivity contribution in [1.29, 1.82) is 0 Å². The summed E-state index contributed by atoms with van der Waals surface area (Å²) >= 11 is 0. The first-order valence-electron chi connectivity index (χ1n) is 13.9. The Morgan fingerprint density at radius 3 is 2.65 bits per heavy atom. The Hall–Kier alpha value is -4.17. The molecule has 3 heterocycles. The number of nitrogen functional groups attached to an aromatic ring is 1. The van der Waals surface area contributed by atoms with E-state index >= 15 is 4.39 Å². The number of ether oxygens (including phenoxy) is 2. The molecule has 1 atom stereocenters. The lowest BCUT2D eigenvalue weighted by Crippen LogP contribution is -2.44. The molecule has 14 heteroatoms. The molecule has 2 aromatic carbocycles. The summed E-state index contributed by atoms with van der Waals surface area (Å²) < 4.78 is 67.5. The maximum atomic E-state index is 15.9. The van der Waals surface area contributed by atoms with Crippen LogP contribution in [0.25, 0.3) is 33.4 Å². The number of rotatable bonds is 10. The molecule has 3 N–H and O–H groups in total. The van der Waals surface area contributed by atoms with Crippen LogP contribution >= 0.6 is 0 Å². The highest BCUT2D eigenvalue weighted by molar-refractivity contribution is 7.92. The second kappa shape index (κ2) is 12.6. The van der Waals surface area contributed by atoms with Crippen molar-refractivity contribution in [3.63, 3.8) is 0 Å². The monoisotopic (exact) mass is 613 g/mol. The number of nitrogens with one attached hydrogen (secondary N) is 1. The third-order valence-electron chi connectivity index (χ3n) is 6.80. The zero-order valence-corrected chi connectivity index (χ0v) is 24.9. The number of hydrogen-bond donors (Lipinski definition) is 2. The van der Waals surface area contributed by atoms with Crippen LogP contribution in [0.15, 0.2) is 42.7 Å². The molecule has 1 saturated heterocycles. The van der Waals surface area contributed by atoms with Crippen LogP contribution in [0.5, 0.6) is 5.75 Å². The molecule has 1 aliphatic rings. The number of morpholine rings is 1. The molecule has 0 aliphatic carbocycles. The first kappa shape index (κ1) is 30.3. The summed E-state index contributed by atoms with van der Waals surface area (Å²) in [5.41, 5.74) is 7.08. The summed E-state index contributed by atoms with van der Waals surface area (Å²) in [6.07, 6.45) is 2.65. The minimum atomic E-state index is -3.95. The minimum absolute atomic E-state index is 0.0284. The van der Waals surface area contributed by atoms with Crippen LogP contribution < -0.4 is 20.1 Å². The zero-order chi connectivity index (χ0) is 30.7. The number of anilines is 3. The first-order chi connectivity index (χ1) is 20.6. The Balaban J connectivity index is 1.72. The molecular weight excluding hydrogens is 580 g/mol. The van der Waals surface area contributed by atoms with Gasteiger partial charge in [0.05, 0.1) is 49.0 Å². The molecule has 2 aromatic heterocycles. The number of nitrogens with two attached hydrogens (primary N) is 1. The van der Waals surface area contributed by atoms with Crippen LogP contribution in [-0.4, -0.2) is 72.7 Å². The van der Waals surface area contributed by atoms with E-state index in [1.807, 2.05) is 20.8 Å². The summed E-state index contributed by atoms with van der Waals surface area (Å²) in [6.45, 7) is 6.50. The molecule has 4 aromatic rings. The quantitative estimate of drug-likeness (QED) is 0.260. The summed E-state index contributed by atoms with van der Waals surface area (Å²) in [7, 11) is -3.95. The smallest absolute Gasteiger partial charge is 0.232 e. The van der Waals surface area contributed by atoms with Crippen LogP contribution in [0.3, 0.4) is 0 Å². The number of hydrogen-bond acceptors (Lipinski definition) is 10. The number of fused-ring (bicyclic) bond motifs is 1. The average molecular weight is 614 g/mol. The van der Waals surface area contributed by atoms with Gasteiger partial charge in [0, 0.05) is 29.9 Å². The second-order valence-corrected chi connectivity index (χ2v) is 12.3. The number of nitrogens with zero attached hydrogens (tertiary/aromatic N) is 5. The van der Waals surface area contributed by atoms with Crippen molar-refractivity contribution in [2.24, 2.45) is 0 Å². The van der Waals surface area contributed by atoms with Gasteiger partial charge in [0.1, 0.15) is 17.1 Å². The van der Waals surface area contributed by atoms with Crippen molar-refractivity contribution in [2.75, 3.05) is 47.5 Å². The Bertz CT molecular complexity index is 1720. The van der Waals surface area contributed by atoms with Crippen molar-refractivity contribution in [3.05, 3.63) is 48.5 Å². The van der Waals surface area contributed by atoms with Crippen LogP contribution in [0.1, 0.15) is 27.2 Å². The van der Waals surface area contributed by atoms with Gasteiger partial charge in [-0.2, -0.15) is 0 Å². The molecule has 0 spiro atoms. The van der Waals surface area contributed by atoms with Gasteiger partial charge in [-0.05, 0) is 51.0 Å². The largest absolute Gasteiger partial charge is 0.489 e. The van der Waals surface area contributed by atoms with Gasteiger partial charge in [-0.15, -0.1) is 0 Å². The maximum Gasteiger partial charge on any atom is 0.232 e. The first-order valence-corrected chi connectivity index (χ1v) is 15.5. The van der Waals surface area contributed by atoms with Gasteiger partial charge < -0.3 is 20.1 Å². The number of aromatic nitrogens is 4. The fourth-order valence-electron chi connectivity index (χ4n) is 4.82. The molecule has 0 saturated carbocycles. The van der Waals surface area contributed by atoms with E-state index in [2.05, 4.69) is 19.6 Å². The lowest BCUT2D eigenvalue weighted by molar-refractivity contribution is 0.0987. The number of sulfonamides is 1. The lowest BCUT2D eigenvalue weighted by Gasteiger charge is -2.35. The van der Waals surface area contributed by atoms with Crippen molar-refractivity contribution < 1.29 is 26.7 Å². The van der Waals surface area contributed by atoms with Gasteiger partial charge in [-0.1, -0.05) is 12.1 Å². The minimum Gasteiger partial charge on any atom is -0.489 e. The molecule has 0 amide bonds. The third kappa shape index (κ3) is 6.75. The highest BCUT2D eigenvalue weighted by atomic mass is 32.2. The van der Waals surface area contributed by atoms with Crippen molar-refractivity contribution >= 4 is 38.4 Å². The molecule has 1 aliphatic heterocycles. The second-order valence-electron chi connectivity index (χ2n) is 10.5. The van der Waals surface area contributed by atoms with Gasteiger partial charge in [0.2, 0.25) is 16.0 Å². The number of alkyl halides is 1. The van der Waals surface area contributed by atoms with Gasteiger partial charge >= 0.3 is 0 Å². The van der Waals surface area contributed by atoms with Crippen molar-refractivity contribution in [1.82, 2.24) is 19.9 Å². The SMILES string of the molecule is CC(C)Oc1cc(-c2cccc(NS(=O)(=O)CCCF)c2F)cc2c(N3CCOCC3C)nc(-c3cnc(N)nc3)nc12. The van der Waals surface area contributed by atoms with Crippen LogP contribution in [-0.2, 0) is 14.8 Å². The van der Waals surface area contributed by atoms with Crippen LogP contribution in [0, 0.1) is 5.82 Å². The predicted molar refractivity (Wildman–Crippen MR) is 162 cm³/mol. The lowest BCUT2D eigenvalue weighted by atomic mass is 10.0. The van der Waals surface area contributed by atoms with Gasteiger partial charge in [-0.3, -0.25) is 9.11 Å². The molecule has 0 radical (unpaired) electrons. The van der Waals surface area contributed by atoms with E-state index in [-0.39, 0.29) is 35.8 Å². The number of halogens is 2. The van der Waals surface area contributed by atoms with Crippen molar-refractivity contribution in [2.45, 2.75) is 39.3 Å². The standard InChI is InChI=1S/C29H33F2N7O4S/c1-17(2)42-24-13-19(21-6-4-7-23(25(21)31)37-43(39,40)11-5-8-30)12-22-26(24)35-27(20-14-33-29(32)34-15-20)36-28(22)38-9-10-41-16-18(38)3/h4,6-7,12-15,17-18,37H,5,8-11,16H2,1-3H3,(H2,32,33,34). The molecule has 228 valence electrons. The van der Waals surface area contributed by atoms with Gasteiger partial charge in [0.25, 0.3) is 0 Å². The summed E-state index contributed by atoms with van der Waals surface area (Å²) in [4.78, 5) is 20.0. The average Bonchev–Trinajstić information content (AvgIpc) is 2.97. The fourth-order valence-corrected chi connectivity index (χ4v) is 5.91. The summed E-state index contributed by atoms with van der Waals surface area (Å²) in [6, 6.07) is 7.83. The van der Waals surface area contributed by atoms with E-state index in [1.54, 1.807) is 36.7 Å². The highest BCUT2D eigenvalue weighted by Gasteiger charge is 2.26. The Morgan fingerprint density at radius 2 is 1.95 bits per heavy atom. The Labute approximate surface area is 248 Å². The van der Waals surface area contributed by atoms with Crippen LogP contribution in [0.2, 0.25) is 0 Å². The fraction of sp³-hybridized carbons (Fsp3) is 0.379. The van der Waals surface area contributed by atoms with Crippen LogP contribution in [0.4, 0.5) is 26.2 Å². The van der Waals surface area contributed by atoms with E-state index in [0.717, 1.165) is 0 Å². The highest BCUT2D eigenvalue weighted by Crippen LogP contribution is 2.40. The van der Waals surface area contributed by atoms with E-state index in [9.17, 15) is 12.8 Å². The number of benzene rings is 2. The zero-order valence-electron chi connectivity index (χ0n) is 24.0. The Morgan fingerprint density at radius 1 is 1.19 bits per heavy atom. The van der Waals surface area contributed by atoms with E-state index in [4.69, 9.17) is 25.2 Å². The van der Waals surface area contributed by atoms with Gasteiger partial charge in [-0.25, -0.2) is 32.7 Å². The topological polar surface area (TPSA) is 145 Å². The van der Waals surface area contributed by atoms with Gasteiger partial charge in [0.15, 0.2) is 11.6 Å².